The topological polar surface area (TPSA) is 128 Å². The number of likely N-dealkylation sites (N-methyl/N-ethyl adjacent to an activating group) is 2. The summed E-state index contributed by atoms with van der Waals surface area (Å²) in [5, 5.41) is 6.56. The molecule has 2 N–H and O–H groups in total. The maximum absolute atomic E-state index is 13.2. The van der Waals surface area contributed by atoms with Crippen molar-refractivity contribution in [3.8, 4) is 0 Å². The molecule has 1 saturated carbocycles. The van der Waals surface area contributed by atoms with E-state index in [-0.39, 0.29) is 23.6 Å². The summed E-state index contributed by atoms with van der Waals surface area (Å²) in [4.78, 5) is 66.2. The third kappa shape index (κ3) is 6.30. The highest BCUT2D eigenvalue weighted by atomic mass is 35.5. The minimum absolute atomic E-state index is 0.0357. The van der Waals surface area contributed by atoms with Gasteiger partial charge in [-0.3, -0.25) is 24.1 Å². The molecule has 1 aliphatic heterocycles. The fourth-order valence-corrected chi connectivity index (χ4v) is 6.00. The number of nitrogens with one attached hydrogen (secondary N) is 2. The van der Waals surface area contributed by atoms with E-state index in [1.807, 2.05) is 7.05 Å². The maximum Gasteiger partial charge on any atom is 0.317 e. The van der Waals surface area contributed by atoms with Crippen molar-refractivity contribution in [2.75, 3.05) is 39.6 Å². The largest absolute Gasteiger partial charge is 0.349 e. The summed E-state index contributed by atoms with van der Waals surface area (Å²) < 4.78 is 0. The summed E-state index contributed by atoms with van der Waals surface area (Å²) in [6.07, 6.45) is 3.46. The van der Waals surface area contributed by atoms with Crippen molar-refractivity contribution < 1.29 is 19.2 Å². The third-order valence-electron chi connectivity index (χ3n) is 6.94. The van der Waals surface area contributed by atoms with E-state index in [4.69, 9.17) is 11.6 Å². The summed E-state index contributed by atoms with van der Waals surface area (Å²) in [5.41, 5.74) is 0.942. The number of thiazole rings is 1. The molecule has 3 atom stereocenters. The predicted molar refractivity (Wildman–Crippen MR) is 144 cm³/mol. The molecule has 0 spiro atoms. The number of fused-ring (bicyclic) bond motifs is 1. The molecule has 4 amide bonds. The highest BCUT2D eigenvalue weighted by Crippen LogP contribution is 2.28. The first-order valence-electron chi connectivity index (χ1n) is 12.4. The average Bonchev–Trinajstić information content (AvgIpc) is 3.32. The minimum Gasteiger partial charge on any atom is -0.349 e. The molecule has 3 heterocycles. The van der Waals surface area contributed by atoms with Crippen molar-refractivity contribution in [2.45, 2.75) is 44.3 Å². The first-order valence-corrected chi connectivity index (χ1v) is 13.6. The van der Waals surface area contributed by atoms with Crippen LogP contribution in [-0.2, 0) is 27.3 Å². The van der Waals surface area contributed by atoms with E-state index in [2.05, 4.69) is 25.5 Å². The van der Waals surface area contributed by atoms with Crippen LogP contribution >= 0.6 is 22.9 Å². The lowest BCUT2D eigenvalue weighted by Gasteiger charge is -2.37. The van der Waals surface area contributed by atoms with Crippen LogP contribution in [0.4, 0.5) is 5.82 Å². The van der Waals surface area contributed by atoms with Crippen LogP contribution in [0.5, 0.6) is 0 Å². The van der Waals surface area contributed by atoms with Crippen molar-refractivity contribution >= 4 is 52.4 Å². The molecule has 38 heavy (non-hydrogen) atoms. The van der Waals surface area contributed by atoms with Gasteiger partial charge in [-0.2, -0.15) is 0 Å². The molecular weight excluding hydrogens is 530 g/mol. The number of nitrogens with zero attached hydrogens (tertiary/aromatic N) is 5. The van der Waals surface area contributed by atoms with Crippen LogP contribution < -0.4 is 15.5 Å². The summed E-state index contributed by atoms with van der Waals surface area (Å²) >= 11 is 7.23. The van der Waals surface area contributed by atoms with E-state index in [1.54, 1.807) is 26.2 Å². The van der Waals surface area contributed by atoms with Gasteiger partial charge in [-0.1, -0.05) is 11.6 Å². The number of hydrogen-bond acceptors (Lipinski definition) is 8. The number of hydrogen-bond donors (Lipinski definition) is 2. The zero-order chi connectivity index (χ0) is 27.6. The number of halogens is 1. The first kappa shape index (κ1) is 27.9. The molecular formula is C25H32ClN7O4S. The zero-order valence-electron chi connectivity index (χ0n) is 21.9. The summed E-state index contributed by atoms with van der Waals surface area (Å²) in [6.45, 7) is 1.64. The average molecular weight is 562 g/mol. The second kappa shape index (κ2) is 11.7. The summed E-state index contributed by atoms with van der Waals surface area (Å²) in [5.74, 6) is -2.03. The molecule has 2 aromatic heterocycles. The molecule has 1 fully saturated rings. The maximum atomic E-state index is 13.2. The Balaban J connectivity index is 1.48. The molecule has 0 bridgehead atoms. The van der Waals surface area contributed by atoms with Crippen LogP contribution in [0.2, 0.25) is 5.02 Å². The Hall–Kier alpha value is -3.09. The Morgan fingerprint density at radius 3 is 2.55 bits per heavy atom. The van der Waals surface area contributed by atoms with Crippen LogP contribution in [0.25, 0.3) is 0 Å². The van der Waals surface area contributed by atoms with E-state index >= 15 is 0 Å². The van der Waals surface area contributed by atoms with E-state index in [1.165, 1.54) is 29.5 Å². The molecule has 2 aromatic rings. The summed E-state index contributed by atoms with van der Waals surface area (Å²) in [7, 11) is 6.87. The molecule has 2 aliphatic rings. The Kier molecular flexibility index (Phi) is 8.64. The first-order chi connectivity index (χ1) is 18.0. The number of anilines is 1. The Morgan fingerprint density at radius 1 is 1.11 bits per heavy atom. The number of carbonyl (C=O) groups excluding carboxylic acids is 4. The number of aromatic nitrogens is 2. The van der Waals surface area contributed by atoms with Gasteiger partial charge in [-0.05, 0) is 38.4 Å². The van der Waals surface area contributed by atoms with Gasteiger partial charge in [0.1, 0.15) is 5.82 Å². The molecule has 0 unspecified atom stereocenters. The molecule has 0 aromatic carbocycles. The normalized spacial score (nSPS) is 21.2. The van der Waals surface area contributed by atoms with E-state index in [0.717, 1.165) is 35.0 Å². The van der Waals surface area contributed by atoms with Crippen molar-refractivity contribution in [1.29, 1.82) is 0 Å². The van der Waals surface area contributed by atoms with Gasteiger partial charge in [0.2, 0.25) is 5.91 Å². The number of rotatable bonds is 5. The Labute approximate surface area is 230 Å². The van der Waals surface area contributed by atoms with Crippen LogP contribution in [0.1, 0.15) is 39.6 Å². The molecule has 1 aliphatic carbocycles. The number of amides is 4. The highest BCUT2D eigenvalue weighted by Gasteiger charge is 2.38. The number of carbonyl (C=O) groups is 4. The summed E-state index contributed by atoms with van der Waals surface area (Å²) in [6, 6.07) is 2.03. The van der Waals surface area contributed by atoms with Gasteiger partial charge in [0.05, 0.1) is 16.8 Å². The van der Waals surface area contributed by atoms with E-state index in [9.17, 15) is 19.2 Å². The Morgan fingerprint density at radius 2 is 1.87 bits per heavy atom. The van der Waals surface area contributed by atoms with Gasteiger partial charge in [0, 0.05) is 63.7 Å². The standard InChI is InChI=1S/C25H32ClN7O4S/c1-31(2)24(36)14-5-7-16(28-22(35)25(37)33(4)20-8-6-15(26)12-27-20)18(11-14)29-21(34)23-30-17-9-10-32(3)13-19(17)38-23/h6,8,12,14,16,18H,5,7,9-11,13H2,1-4H3,(H,28,35)(H,29,34)/t14-,16-,18+/m0/s1. The van der Waals surface area contributed by atoms with Crippen LogP contribution in [0, 0.1) is 5.92 Å². The van der Waals surface area contributed by atoms with Crippen molar-refractivity contribution in [1.82, 2.24) is 30.4 Å². The smallest absolute Gasteiger partial charge is 0.317 e. The minimum atomic E-state index is -0.821. The van der Waals surface area contributed by atoms with Crippen molar-refractivity contribution in [3.63, 3.8) is 0 Å². The van der Waals surface area contributed by atoms with Gasteiger partial charge >= 0.3 is 11.8 Å². The lowest BCUT2D eigenvalue weighted by molar-refractivity contribution is -0.138. The molecule has 4 rings (SSSR count). The molecule has 0 radical (unpaired) electrons. The molecule has 204 valence electrons. The molecule has 0 saturated heterocycles. The van der Waals surface area contributed by atoms with E-state index in [0.29, 0.717) is 29.3 Å². The zero-order valence-corrected chi connectivity index (χ0v) is 23.4. The second-order valence-corrected chi connectivity index (χ2v) is 11.5. The van der Waals surface area contributed by atoms with Gasteiger partial charge in [0.25, 0.3) is 5.91 Å². The Bertz CT molecular complexity index is 1220. The van der Waals surface area contributed by atoms with E-state index < -0.39 is 23.9 Å². The van der Waals surface area contributed by atoms with Gasteiger partial charge in [0.15, 0.2) is 5.01 Å². The van der Waals surface area contributed by atoms with Gasteiger partial charge < -0.3 is 20.4 Å². The van der Waals surface area contributed by atoms with Gasteiger partial charge in [-0.25, -0.2) is 9.97 Å². The second-order valence-electron chi connectivity index (χ2n) is 9.98. The highest BCUT2D eigenvalue weighted by molar-refractivity contribution is 7.13. The quantitative estimate of drug-likeness (QED) is 0.527. The monoisotopic (exact) mass is 561 g/mol. The van der Waals surface area contributed by atoms with Crippen molar-refractivity contribution in [2.24, 2.45) is 5.92 Å². The third-order valence-corrected chi connectivity index (χ3v) is 8.25. The van der Waals surface area contributed by atoms with Crippen LogP contribution in [0.15, 0.2) is 18.3 Å². The lowest BCUT2D eigenvalue weighted by atomic mass is 9.81. The lowest BCUT2D eigenvalue weighted by Crippen LogP contribution is -2.57. The SMILES string of the molecule is CN1CCc2nc(C(=O)N[C@@H]3C[C@@H](C(=O)N(C)C)CC[C@@H]3NC(=O)C(=O)N(C)c3ccc(Cl)cn3)sc2C1. The molecule has 13 heteroatoms. The van der Waals surface area contributed by atoms with Crippen molar-refractivity contribution in [3.05, 3.63) is 38.9 Å². The molecule has 11 nitrogen and oxygen atoms in total. The fourth-order valence-electron chi connectivity index (χ4n) is 4.80. The van der Waals surface area contributed by atoms with Gasteiger partial charge in [-0.15, -0.1) is 11.3 Å². The fraction of sp³-hybridized carbons (Fsp3) is 0.520. The number of pyridine rings is 1. The predicted octanol–water partition coefficient (Wildman–Crippen LogP) is 1.31. The van der Waals surface area contributed by atoms with Crippen LogP contribution in [0.3, 0.4) is 0 Å². The van der Waals surface area contributed by atoms with Crippen LogP contribution in [-0.4, -0.2) is 90.2 Å².